The van der Waals surface area contributed by atoms with E-state index in [0.29, 0.717) is 53.9 Å². The summed E-state index contributed by atoms with van der Waals surface area (Å²) in [4.78, 5) is 25.7. The van der Waals surface area contributed by atoms with E-state index in [1.807, 2.05) is 57.2 Å². The lowest BCUT2D eigenvalue weighted by Gasteiger charge is -2.17. The molecule has 0 saturated heterocycles. The third-order valence-corrected chi connectivity index (χ3v) is 4.86. The van der Waals surface area contributed by atoms with Gasteiger partial charge in [0, 0.05) is 16.7 Å². The van der Waals surface area contributed by atoms with Crippen molar-refractivity contribution in [3.63, 3.8) is 0 Å². The second-order valence-electron chi connectivity index (χ2n) is 7.27. The summed E-state index contributed by atoms with van der Waals surface area (Å²) in [5.41, 5.74) is 6.25. The fourth-order valence-corrected chi connectivity index (χ4v) is 3.32. The molecular formula is C27H30N2O6. The molecule has 0 aliphatic rings. The van der Waals surface area contributed by atoms with Crippen molar-refractivity contribution in [1.29, 1.82) is 0 Å². The first-order valence-corrected chi connectivity index (χ1v) is 11.5. The van der Waals surface area contributed by atoms with E-state index >= 15 is 0 Å². The molecule has 2 N–H and O–H groups in total. The lowest BCUT2D eigenvalue weighted by Crippen LogP contribution is -2.42. The van der Waals surface area contributed by atoms with Crippen LogP contribution in [-0.2, 0) is 6.61 Å². The van der Waals surface area contributed by atoms with Gasteiger partial charge in [-0.2, -0.15) is 0 Å². The van der Waals surface area contributed by atoms with Crippen LogP contribution in [0.4, 0.5) is 0 Å². The monoisotopic (exact) mass is 478 g/mol. The molecule has 3 rings (SSSR count). The van der Waals surface area contributed by atoms with Crippen molar-refractivity contribution >= 4 is 11.8 Å². The number of carbonyl (C=O) groups is 2. The molecule has 0 aliphatic heterocycles. The maximum Gasteiger partial charge on any atom is 0.270 e. The number of rotatable bonds is 11. The lowest BCUT2D eigenvalue weighted by molar-refractivity contribution is 0.0845. The number of carbonyl (C=O) groups excluding carboxylic acids is 2. The SMILES string of the molecule is CCOc1cc(C(=O)NNC(=O)c2ccccc2COc2ccccc2)cc(OCC)c1OCC. The van der Waals surface area contributed by atoms with Gasteiger partial charge in [0.2, 0.25) is 5.75 Å². The summed E-state index contributed by atoms with van der Waals surface area (Å²) in [5.74, 6) is 0.916. The fraction of sp³-hybridized carbons (Fsp3) is 0.259. The normalized spacial score (nSPS) is 10.3. The Bertz CT molecular complexity index is 1110. The highest BCUT2D eigenvalue weighted by molar-refractivity contribution is 6.00. The first-order chi connectivity index (χ1) is 17.1. The predicted molar refractivity (Wildman–Crippen MR) is 132 cm³/mol. The highest BCUT2D eigenvalue weighted by Crippen LogP contribution is 2.39. The van der Waals surface area contributed by atoms with Gasteiger partial charge in [0.25, 0.3) is 11.8 Å². The molecule has 0 bridgehead atoms. The van der Waals surface area contributed by atoms with E-state index in [0.717, 1.165) is 0 Å². The summed E-state index contributed by atoms with van der Waals surface area (Å²) in [6, 6.07) is 19.5. The summed E-state index contributed by atoms with van der Waals surface area (Å²) >= 11 is 0. The van der Waals surface area contributed by atoms with Crippen molar-refractivity contribution in [3.05, 3.63) is 83.4 Å². The Hall–Kier alpha value is -4.20. The minimum atomic E-state index is -0.527. The van der Waals surface area contributed by atoms with Crippen molar-refractivity contribution < 1.29 is 28.5 Å². The minimum Gasteiger partial charge on any atom is -0.490 e. The van der Waals surface area contributed by atoms with Crippen LogP contribution in [0.1, 0.15) is 47.1 Å². The summed E-state index contributed by atoms with van der Waals surface area (Å²) < 4.78 is 22.8. The Morgan fingerprint density at radius 2 is 1.26 bits per heavy atom. The van der Waals surface area contributed by atoms with Crippen LogP contribution in [0.15, 0.2) is 66.7 Å². The van der Waals surface area contributed by atoms with Crippen LogP contribution < -0.4 is 29.8 Å². The highest BCUT2D eigenvalue weighted by Gasteiger charge is 2.19. The van der Waals surface area contributed by atoms with Crippen LogP contribution in [0.25, 0.3) is 0 Å². The van der Waals surface area contributed by atoms with E-state index in [1.54, 1.807) is 30.3 Å². The number of hydrogen-bond acceptors (Lipinski definition) is 6. The molecule has 0 atom stereocenters. The number of nitrogens with one attached hydrogen (secondary N) is 2. The van der Waals surface area contributed by atoms with Gasteiger partial charge in [-0.1, -0.05) is 36.4 Å². The molecule has 8 nitrogen and oxygen atoms in total. The number of hydrogen-bond donors (Lipinski definition) is 2. The number of benzene rings is 3. The molecule has 2 amide bonds. The lowest BCUT2D eigenvalue weighted by atomic mass is 10.1. The molecule has 0 heterocycles. The summed E-state index contributed by atoms with van der Waals surface area (Å²) in [6.45, 7) is 6.91. The van der Waals surface area contributed by atoms with Gasteiger partial charge in [0.1, 0.15) is 12.4 Å². The van der Waals surface area contributed by atoms with Gasteiger partial charge in [-0.05, 0) is 51.1 Å². The van der Waals surface area contributed by atoms with Gasteiger partial charge in [-0.25, -0.2) is 0 Å². The molecule has 0 unspecified atom stereocenters. The van der Waals surface area contributed by atoms with Gasteiger partial charge in [0.05, 0.1) is 19.8 Å². The first kappa shape index (κ1) is 25.4. The van der Waals surface area contributed by atoms with Crippen LogP contribution in [0.3, 0.4) is 0 Å². The maximum atomic E-state index is 12.9. The number of para-hydroxylation sites is 1. The van der Waals surface area contributed by atoms with E-state index in [9.17, 15) is 9.59 Å². The smallest absolute Gasteiger partial charge is 0.270 e. The molecule has 0 spiro atoms. The van der Waals surface area contributed by atoms with E-state index in [1.165, 1.54) is 0 Å². The molecule has 3 aromatic carbocycles. The van der Waals surface area contributed by atoms with E-state index in [4.69, 9.17) is 18.9 Å². The van der Waals surface area contributed by atoms with Crippen LogP contribution in [0.2, 0.25) is 0 Å². The van der Waals surface area contributed by atoms with Gasteiger partial charge < -0.3 is 18.9 Å². The van der Waals surface area contributed by atoms with Gasteiger partial charge >= 0.3 is 0 Å². The summed E-state index contributed by atoms with van der Waals surface area (Å²) in [6.07, 6.45) is 0. The largest absolute Gasteiger partial charge is 0.490 e. The van der Waals surface area contributed by atoms with Gasteiger partial charge in [-0.3, -0.25) is 20.4 Å². The Labute approximate surface area is 205 Å². The topological polar surface area (TPSA) is 95.1 Å². The summed E-state index contributed by atoms with van der Waals surface area (Å²) in [5, 5.41) is 0. The molecule has 8 heteroatoms. The Balaban J connectivity index is 1.72. The van der Waals surface area contributed by atoms with Crippen LogP contribution in [-0.4, -0.2) is 31.6 Å². The van der Waals surface area contributed by atoms with E-state index in [2.05, 4.69) is 10.9 Å². The van der Waals surface area contributed by atoms with Crippen LogP contribution in [0, 0.1) is 0 Å². The zero-order chi connectivity index (χ0) is 25.0. The second kappa shape index (κ2) is 12.9. The van der Waals surface area contributed by atoms with Crippen molar-refractivity contribution in [1.82, 2.24) is 10.9 Å². The molecule has 0 fully saturated rings. The molecular weight excluding hydrogens is 448 g/mol. The third kappa shape index (κ3) is 6.89. The average Bonchev–Trinajstić information content (AvgIpc) is 2.88. The summed E-state index contributed by atoms with van der Waals surface area (Å²) in [7, 11) is 0. The zero-order valence-electron chi connectivity index (χ0n) is 20.1. The fourth-order valence-electron chi connectivity index (χ4n) is 3.32. The average molecular weight is 479 g/mol. The highest BCUT2D eigenvalue weighted by atomic mass is 16.5. The molecule has 0 aliphatic carbocycles. The minimum absolute atomic E-state index is 0.204. The third-order valence-electron chi connectivity index (χ3n) is 4.86. The molecule has 0 aromatic heterocycles. The van der Waals surface area contributed by atoms with Crippen molar-refractivity contribution in [2.75, 3.05) is 19.8 Å². The Morgan fingerprint density at radius 1 is 0.686 bits per heavy atom. The van der Waals surface area contributed by atoms with Crippen LogP contribution in [0.5, 0.6) is 23.0 Å². The Morgan fingerprint density at radius 3 is 1.89 bits per heavy atom. The molecule has 0 radical (unpaired) electrons. The van der Waals surface area contributed by atoms with E-state index < -0.39 is 11.8 Å². The Kier molecular flexibility index (Phi) is 9.36. The molecule has 3 aromatic rings. The van der Waals surface area contributed by atoms with Crippen molar-refractivity contribution in [2.45, 2.75) is 27.4 Å². The van der Waals surface area contributed by atoms with Gasteiger partial charge in [-0.15, -0.1) is 0 Å². The molecule has 0 saturated carbocycles. The molecule has 35 heavy (non-hydrogen) atoms. The van der Waals surface area contributed by atoms with Crippen molar-refractivity contribution in [2.24, 2.45) is 0 Å². The quantitative estimate of drug-likeness (QED) is 0.393. The van der Waals surface area contributed by atoms with Crippen LogP contribution >= 0.6 is 0 Å². The number of hydrazine groups is 1. The maximum absolute atomic E-state index is 12.9. The van der Waals surface area contributed by atoms with E-state index in [-0.39, 0.29) is 12.2 Å². The van der Waals surface area contributed by atoms with Gasteiger partial charge in [0.15, 0.2) is 11.5 Å². The second-order valence-corrected chi connectivity index (χ2v) is 7.27. The number of ether oxygens (including phenoxy) is 4. The van der Waals surface area contributed by atoms with Crippen molar-refractivity contribution in [3.8, 4) is 23.0 Å². The standard InChI is InChI=1S/C27H30N2O6/c1-4-32-23-16-20(17-24(33-5-2)25(23)34-6-3)26(30)28-29-27(31)22-15-11-10-12-19(22)18-35-21-13-8-7-9-14-21/h7-17H,4-6,18H2,1-3H3,(H,28,30)(H,29,31). The molecule has 184 valence electrons. The number of amides is 2. The predicted octanol–water partition coefficient (Wildman–Crippen LogP) is 4.54. The zero-order valence-corrected chi connectivity index (χ0v) is 20.1. The first-order valence-electron chi connectivity index (χ1n) is 11.5.